The molecular weight excluding hydrogens is 159 g/mol. The minimum absolute atomic E-state index is 0.139. The van der Waals surface area contributed by atoms with Gasteiger partial charge in [-0.3, -0.25) is 0 Å². The lowest BCUT2D eigenvalue weighted by Gasteiger charge is -2.15. The van der Waals surface area contributed by atoms with Crippen molar-refractivity contribution in [1.82, 2.24) is 0 Å². The maximum absolute atomic E-state index is 13.4. The standard InChI is InChI=1S/C9H9FO2/c10-9(6-11)5-7-3-1-2-4-8(7)12-9/h1-4,11H,5-6H2. The zero-order chi connectivity index (χ0) is 8.60. The van der Waals surface area contributed by atoms with Crippen molar-refractivity contribution in [1.29, 1.82) is 0 Å². The Morgan fingerprint density at radius 1 is 1.50 bits per heavy atom. The van der Waals surface area contributed by atoms with E-state index < -0.39 is 12.5 Å². The number of rotatable bonds is 1. The van der Waals surface area contributed by atoms with E-state index in [1.807, 2.05) is 6.07 Å². The Kier molecular flexibility index (Phi) is 1.54. The first-order valence-corrected chi connectivity index (χ1v) is 3.80. The highest BCUT2D eigenvalue weighted by atomic mass is 19.2. The van der Waals surface area contributed by atoms with Crippen molar-refractivity contribution in [3.05, 3.63) is 29.8 Å². The van der Waals surface area contributed by atoms with Crippen LogP contribution in [0.15, 0.2) is 24.3 Å². The molecule has 1 unspecified atom stereocenters. The minimum atomic E-state index is -1.90. The molecule has 2 nitrogen and oxygen atoms in total. The molecule has 1 aromatic carbocycles. The van der Waals surface area contributed by atoms with E-state index in [9.17, 15) is 4.39 Å². The van der Waals surface area contributed by atoms with Crippen LogP contribution in [0.25, 0.3) is 0 Å². The van der Waals surface area contributed by atoms with Gasteiger partial charge in [0.2, 0.25) is 0 Å². The topological polar surface area (TPSA) is 29.5 Å². The molecule has 3 heteroatoms. The van der Waals surface area contributed by atoms with Gasteiger partial charge in [0, 0.05) is 12.0 Å². The lowest BCUT2D eigenvalue weighted by atomic mass is 10.1. The first kappa shape index (κ1) is 7.55. The molecule has 0 aliphatic carbocycles. The van der Waals surface area contributed by atoms with Crippen LogP contribution in [-0.2, 0) is 6.42 Å². The smallest absolute Gasteiger partial charge is 0.275 e. The van der Waals surface area contributed by atoms with Crippen LogP contribution < -0.4 is 4.74 Å². The van der Waals surface area contributed by atoms with E-state index in [2.05, 4.69) is 0 Å². The van der Waals surface area contributed by atoms with Crippen LogP contribution in [0.5, 0.6) is 5.75 Å². The number of aliphatic hydroxyl groups excluding tert-OH is 1. The second kappa shape index (κ2) is 2.45. The maximum Gasteiger partial charge on any atom is 0.275 e. The van der Waals surface area contributed by atoms with Gasteiger partial charge in [0.05, 0.1) is 0 Å². The number of aliphatic hydroxyl groups is 1. The van der Waals surface area contributed by atoms with E-state index in [4.69, 9.17) is 9.84 Å². The molecule has 1 heterocycles. The molecule has 1 N–H and O–H groups in total. The van der Waals surface area contributed by atoms with Crippen LogP contribution in [0, 0.1) is 0 Å². The Morgan fingerprint density at radius 2 is 2.25 bits per heavy atom. The number of fused-ring (bicyclic) bond motifs is 1. The number of halogens is 1. The first-order chi connectivity index (χ1) is 5.73. The molecule has 2 rings (SSSR count). The second-order valence-electron chi connectivity index (χ2n) is 2.93. The molecule has 0 radical (unpaired) electrons. The molecule has 1 aliphatic rings. The van der Waals surface area contributed by atoms with Crippen molar-refractivity contribution in [3.63, 3.8) is 0 Å². The Labute approximate surface area is 69.6 Å². The number of ether oxygens (including phenoxy) is 1. The number of hydrogen-bond donors (Lipinski definition) is 1. The molecular formula is C9H9FO2. The van der Waals surface area contributed by atoms with Gasteiger partial charge < -0.3 is 9.84 Å². The summed E-state index contributed by atoms with van der Waals surface area (Å²) < 4.78 is 18.3. The molecule has 0 amide bonds. The van der Waals surface area contributed by atoms with Gasteiger partial charge in [-0.05, 0) is 6.07 Å². The summed E-state index contributed by atoms with van der Waals surface area (Å²) in [4.78, 5) is 0. The molecule has 64 valence electrons. The van der Waals surface area contributed by atoms with Gasteiger partial charge >= 0.3 is 0 Å². The summed E-state index contributed by atoms with van der Waals surface area (Å²) in [5.41, 5.74) is 0.814. The zero-order valence-corrected chi connectivity index (χ0v) is 6.46. The van der Waals surface area contributed by atoms with E-state index >= 15 is 0 Å². The summed E-state index contributed by atoms with van der Waals surface area (Å²) in [7, 11) is 0. The van der Waals surface area contributed by atoms with Crippen molar-refractivity contribution < 1.29 is 14.2 Å². The minimum Gasteiger partial charge on any atom is -0.455 e. The van der Waals surface area contributed by atoms with Crippen LogP contribution in [-0.4, -0.2) is 17.6 Å². The Morgan fingerprint density at radius 3 is 2.92 bits per heavy atom. The highest BCUT2D eigenvalue weighted by Gasteiger charge is 2.38. The summed E-state index contributed by atoms with van der Waals surface area (Å²) in [6.07, 6.45) is 0.139. The van der Waals surface area contributed by atoms with E-state index in [-0.39, 0.29) is 6.42 Å². The SMILES string of the molecule is OCC1(F)Cc2ccccc2O1. The summed E-state index contributed by atoms with van der Waals surface area (Å²) in [5, 5.41) is 8.70. The Hall–Kier alpha value is -1.09. The summed E-state index contributed by atoms with van der Waals surface area (Å²) in [6, 6.07) is 7.10. The average Bonchev–Trinajstić information content (AvgIpc) is 2.42. The molecule has 0 saturated carbocycles. The largest absolute Gasteiger partial charge is 0.455 e. The van der Waals surface area contributed by atoms with Crippen molar-refractivity contribution >= 4 is 0 Å². The van der Waals surface area contributed by atoms with Gasteiger partial charge in [0.15, 0.2) is 0 Å². The molecule has 1 aliphatic heterocycles. The molecule has 1 aromatic rings. The quantitative estimate of drug-likeness (QED) is 0.684. The van der Waals surface area contributed by atoms with E-state index in [1.165, 1.54) is 0 Å². The lowest BCUT2D eigenvalue weighted by molar-refractivity contribution is -0.0832. The summed E-state index contributed by atoms with van der Waals surface area (Å²) in [5.74, 6) is -1.36. The molecule has 1 atom stereocenters. The number of benzene rings is 1. The number of para-hydroxylation sites is 1. The predicted molar refractivity (Wildman–Crippen MR) is 41.7 cm³/mol. The van der Waals surface area contributed by atoms with E-state index in [1.54, 1.807) is 18.2 Å². The van der Waals surface area contributed by atoms with Crippen molar-refractivity contribution in [2.45, 2.75) is 12.3 Å². The average molecular weight is 168 g/mol. The van der Waals surface area contributed by atoms with Gasteiger partial charge in [-0.15, -0.1) is 0 Å². The van der Waals surface area contributed by atoms with Crippen LogP contribution in [0.4, 0.5) is 4.39 Å². The third kappa shape index (κ3) is 1.06. The van der Waals surface area contributed by atoms with Gasteiger partial charge in [-0.1, -0.05) is 18.2 Å². The lowest BCUT2D eigenvalue weighted by Crippen LogP contribution is -2.32. The van der Waals surface area contributed by atoms with Crippen molar-refractivity contribution in [2.24, 2.45) is 0 Å². The maximum atomic E-state index is 13.4. The number of alkyl halides is 1. The summed E-state index contributed by atoms with van der Waals surface area (Å²) >= 11 is 0. The van der Waals surface area contributed by atoms with Gasteiger partial charge in [0.25, 0.3) is 5.85 Å². The molecule has 0 spiro atoms. The van der Waals surface area contributed by atoms with Gasteiger partial charge in [0.1, 0.15) is 12.4 Å². The van der Waals surface area contributed by atoms with Crippen LogP contribution in [0.1, 0.15) is 5.56 Å². The van der Waals surface area contributed by atoms with Gasteiger partial charge in [-0.2, -0.15) is 4.39 Å². The predicted octanol–water partition coefficient (Wildman–Crippen LogP) is 1.28. The van der Waals surface area contributed by atoms with Gasteiger partial charge in [-0.25, -0.2) is 0 Å². The second-order valence-corrected chi connectivity index (χ2v) is 2.93. The third-order valence-corrected chi connectivity index (χ3v) is 1.96. The summed E-state index contributed by atoms with van der Waals surface area (Å²) in [6.45, 7) is -0.596. The Balaban J connectivity index is 2.33. The van der Waals surface area contributed by atoms with Crippen molar-refractivity contribution in [2.75, 3.05) is 6.61 Å². The van der Waals surface area contributed by atoms with E-state index in [0.717, 1.165) is 5.56 Å². The monoisotopic (exact) mass is 168 g/mol. The first-order valence-electron chi connectivity index (χ1n) is 3.80. The normalized spacial score (nSPS) is 26.5. The third-order valence-electron chi connectivity index (χ3n) is 1.96. The highest BCUT2D eigenvalue weighted by Crippen LogP contribution is 2.35. The van der Waals surface area contributed by atoms with Crippen LogP contribution >= 0.6 is 0 Å². The molecule has 0 fully saturated rings. The fourth-order valence-corrected chi connectivity index (χ4v) is 1.36. The van der Waals surface area contributed by atoms with Crippen molar-refractivity contribution in [3.8, 4) is 5.75 Å². The highest BCUT2D eigenvalue weighted by molar-refractivity contribution is 5.38. The molecule has 0 saturated heterocycles. The Bertz CT molecular complexity index is 273. The fourth-order valence-electron chi connectivity index (χ4n) is 1.36. The molecule has 0 bridgehead atoms. The van der Waals surface area contributed by atoms with E-state index in [0.29, 0.717) is 5.75 Å². The van der Waals surface area contributed by atoms with Crippen LogP contribution in [0.3, 0.4) is 0 Å². The number of hydrogen-bond acceptors (Lipinski definition) is 2. The van der Waals surface area contributed by atoms with Crippen LogP contribution in [0.2, 0.25) is 0 Å². The zero-order valence-electron chi connectivity index (χ0n) is 6.46. The fraction of sp³-hybridized carbons (Fsp3) is 0.333. The molecule has 0 aromatic heterocycles. The molecule has 12 heavy (non-hydrogen) atoms.